The lowest BCUT2D eigenvalue weighted by atomic mass is 10.1. The minimum absolute atomic E-state index is 0.451. The predicted molar refractivity (Wildman–Crippen MR) is 82.0 cm³/mol. The van der Waals surface area contributed by atoms with Crippen LogP contribution in [0.1, 0.15) is 33.6 Å². The van der Waals surface area contributed by atoms with Gasteiger partial charge in [0.15, 0.2) is 0 Å². The zero-order valence-electron chi connectivity index (χ0n) is 11.6. The number of hydrogen-bond donors (Lipinski definition) is 1. The largest absolute Gasteiger partial charge is 0.367 e. The smallest absolute Gasteiger partial charge is 0.140 e. The highest BCUT2D eigenvalue weighted by molar-refractivity contribution is 9.10. The van der Waals surface area contributed by atoms with Crippen molar-refractivity contribution in [3.05, 3.63) is 22.8 Å². The summed E-state index contributed by atoms with van der Waals surface area (Å²) in [6.45, 7) is 10.1. The van der Waals surface area contributed by atoms with Crippen LogP contribution < -0.4 is 5.32 Å². The van der Waals surface area contributed by atoms with Crippen molar-refractivity contribution in [1.82, 2.24) is 9.88 Å². The van der Waals surface area contributed by atoms with Crippen molar-refractivity contribution in [2.75, 3.05) is 25.0 Å². The first kappa shape index (κ1) is 15.4. The molecule has 1 aromatic heterocycles. The third-order valence-electron chi connectivity index (χ3n) is 3.15. The summed E-state index contributed by atoms with van der Waals surface area (Å²) in [5.41, 5.74) is 0. The van der Waals surface area contributed by atoms with E-state index in [4.69, 9.17) is 0 Å². The van der Waals surface area contributed by atoms with Gasteiger partial charge in [-0.2, -0.15) is 0 Å². The van der Waals surface area contributed by atoms with Gasteiger partial charge in [0.2, 0.25) is 0 Å². The van der Waals surface area contributed by atoms with Gasteiger partial charge >= 0.3 is 0 Å². The van der Waals surface area contributed by atoms with Gasteiger partial charge in [-0.3, -0.25) is 0 Å². The van der Waals surface area contributed by atoms with Crippen molar-refractivity contribution in [3.8, 4) is 0 Å². The van der Waals surface area contributed by atoms with Crippen LogP contribution in [-0.2, 0) is 0 Å². The van der Waals surface area contributed by atoms with Crippen molar-refractivity contribution in [2.24, 2.45) is 0 Å². The average Bonchev–Trinajstić information content (AvgIpc) is 2.37. The molecule has 0 saturated heterocycles. The quantitative estimate of drug-likeness (QED) is 0.792. The molecule has 1 unspecified atom stereocenters. The van der Waals surface area contributed by atoms with Crippen LogP contribution in [0.2, 0.25) is 0 Å². The third kappa shape index (κ3) is 5.36. The summed E-state index contributed by atoms with van der Waals surface area (Å²) in [6.07, 6.45) is 4.20. The summed E-state index contributed by atoms with van der Waals surface area (Å²) in [7, 11) is 0. The minimum Gasteiger partial charge on any atom is -0.367 e. The van der Waals surface area contributed by atoms with E-state index in [1.54, 1.807) is 0 Å². The Morgan fingerprint density at radius 1 is 1.39 bits per heavy atom. The zero-order valence-corrected chi connectivity index (χ0v) is 13.2. The molecule has 0 bridgehead atoms. The Morgan fingerprint density at radius 3 is 2.72 bits per heavy atom. The highest BCUT2D eigenvalue weighted by Crippen LogP contribution is 2.19. The van der Waals surface area contributed by atoms with E-state index in [1.165, 1.54) is 19.4 Å². The molecular formula is C14H24BrN3. The highest BCUT2D eigenvalue weighted by Gasteiger charge is 2.06. The molecule has 1 rings (SSSR count). The van der Waals surface area contributed by atoms with Gasteiger partial charge < -0.3 is 10.2 Å². The molecule has 1 N–H and O–H groups in total. The molecule has 0 radical (unpaired) electrons. The van der Waals surface area contributed by atoms with Gasteiger partial charge in [-0.05, 0) is 67.5 Å². The number of hydrogen-bond acceptors (Lipinski definition) is 3. The van der Waals surface area contributed by atoms with Crippen LogP contribution in [0.15, 0.2) is 22.8 Å². The standard InChI is InChI=1S/C14H24BrN3/c1-4-18(5-2)11-7-8-12(3)17-14-13(15)9-6-10-16-14/h6,9-10,12H,4-5,7-8,11H2,1-3H3,(H,16,17). The summed E-state index contributed by atoms with van der Waals surface area (Å²) in [5.74, 6) is 0.938. The van der Waals surface area contributed by atoms with Crippen molar-refractivity contribution in [3.63, 3.8) is 0 Å². The van der Waals surface area contributed by atoms with E-state index >= 15 is 0 Å². The Balaban J connectivity index is 2.30. The molecule has 0 amide bonds. The molecule has 0 saturated carbocycles. The fourth-order valence-electron chi connectivity index (χ4n) is 1.96. The first-order valence-corrected chi connectivity index (χ1v) is 7.56. The topological polar surface area (TPSA) is 28.2 Å². The molecule has 4 heteroatoms. The van der Waals surface area contributed by atoms with Crippen molar-refractivity contribution in [2.45, 2.75) is 39.7 Å². The molecule has 1 aromatic rings. The Bertz CT molecular complexity index is 340. The molecule has 0 aliphatic carbocycles. The maximum absolute atomic E-state index is 4.33. The molecule has 0 spiro atoms. The predicted octanol–water partition coefficient (Wildman–Crippen LogP) is 3.77. The van der Waals surface area contributed by atoms with E-state index in [1.807, 2.05) is 18.3 Å². The number of aromatic nitrogens is 1. The van der Waals surface area contributed by atoms with Crippen LogP contribution in [-0.4, -0.2) is 35.6 Å². The molecule has 0 aliphatic rings. The molecule has 0 aliphatic heterocycles. The van der Waals surface area contributed by atoms with Crippen LogP contribution in [0.3, 0.4) is 0 Å². The van der Waals surface area contributed by atoms with Crippen molar-refractivity contribution >= 4 is 21.7 Å². The van der Waals surface area contributed by atoms with E-state index in [-0.39, 0.29) is 0 Å². The number of rotatable bonds is 8. The van der Waals surface area contributed by atoms with Gasteiger partial charge in [0, 0.05) is 12.2 Å². The van der Waals surface area contributed by atoms with Crippen LogP contribution in [0.25, 0.3) is 0 Å². The van der Waals surface area contributed by atoms with Gasteiger partial charge in [0.1, 0.15) is 5.82 Å². The summed E-state index contributed by atoms with van der Waals surface area (Å²) >= 11 is 3.51. The number of nitrogens with zero attached hydrogens (tertiary/aromatic N) is 2. The van der Waals surface area contributed by atoms with Crippen LogP contribution in [0.4, 0.5) is 5.82 Å². The second-order valence-corrected chi connectivity index (χ2v) is 5.40. The normalized spacial score (nSPS) is 12.7. The highest BCUT2D eigenvalue weighted by atomic mass is 79.9. The lowest BCUT2D eigenvalue weighted by Crippen LogP contribution is -2.25. The molecular weight excluding hydrogens is 290 g/mol. The van der Waals surface area contributed by atoms with E-state index in [2.05, 4.69) is 51.9 Å². The summed E-state index contributed by atoms with van der Waals surface area (Å²) < 4.78 is 1.03. The lowest BCUT2D eigenvalue weighted by Gasteiger charge is -2.20. The average molecular weight is 314 g/mol. The molecule has 3 nitrogen and oxygen atoms in total. The van der Waals surface area contributed by atoms with Crippen LogP contribution >= 0.6 is 15.9 Å². The second kappa shape index (κ2) is 8.48. The zero-order chi connectivity index (χ0) is 13.4. The monoisotopic (exact) mass is 313 g/mol. The van der Waals surface area contributed by atoms with Gasteiger partial charge in [-0.1, -0.05) is 13.8 Å². The van der Waals surface area contributed by atoms with Gasteiger partial charge in [0.25, 0.3) is 0 Å². The van der Waals surface area contributed by atoms with Crippen molar-refractivity contribution in [1.29, 1.82) is 0 Å². The first-order valence-electron chi connectivity index (χ1n) is 6.76. The lowest BCUT2D eigenvalue weighted by molar-refractivity contribution is 0.295. The van der Waals surface area contributed by atoms with Crippen LogP contribution in [0.5, 0.6) is 0 Å². The number of halogens is 1. The minimum atomic E-state index is 0.451. The summed E-state index contributed by atoms with van der Waals surface area (Å²) in [5, 5.41) is 3.44. The van der Waals surface area contributed by atoms with Crippen molar-refractivity contribution < 1.29 is 0 Å². The fourth-order valence-corrected chi connectivity index (χ4v) is 2.33. The number of pyridine rings is 1. The second-order valence-electron chi connectivity index (χ2n) is 4.55. The molecule has 0 aromatic carbocycles. The molecule has 0 fully saturated rings. The SMILES string of the molecule is CCN(CC)CCCC(C)Nc1ncccc1Br. The Hall–Kier alpha value is -0.610. The molecule has 18 heavy (non-hydrogen) atoms. The number of anilines is 1. The molecule has 1 heterocycles. The maximum Gasteiger partial charge on any atom is 0.140 e. The fraction of sp³-hybridized carbons (Fsp3) is 0.643. The summed E-state index contributed by atoms with van der Waals surface area (Å²) in [4.78, 5) is 6.79. The van der Waals surface area contributed by atoms with E-state index in [9.17, 15) is 0 Å². The van der Waals surface area contributed by atoms with Gasteiger partial charge in [0.05, 0.1) is 4.47 Å². The molecule has 1 atom stereocenters. The van der Waals surface area contributed by atoms with Crippen LogP contribution in [0, 0.1) is 0 Å². The Kier molecular flexibility index (Phi) is 7.28. The van der Waals surface area contributed by atoms with Gasteiger partial charge in [-0.15, -0.1) is 0 Å². The van der Waals surface area contributed by atoms with E-state index in [0.717, 1.165) is 23.4 Å². The van der Waals surface area contributed by atoms with E-state index in [0.29, 0.717) is 6.04 Å². The Labute approximate surface area is 119 Å². The first-order chi connectivity index (χ1) is 8.67. The van der Waals surface area contributed by atoms with Gasteiger partial charge in [-0.25, -0.2) is 4.98 Å². The summed E-state index contributed by atoms with van der Waals surface area (Å²) in [6, 6.07) is 4.39. The Morgan fingerprint density at radius 2 is 2.11 bits per heavy atom. The third-order valence-corrected chi connectivity index (χ3v) is 3.79. The molecule has 102 valence electrons. The maximum atomic E-state index is 4.33. The van der Waals surface area contributed by atoms with E-state index < -0.39 is 0 Å². The number of nitrogens with one attached hydrogen (secondary N) is 1.